The summed E-state index contributed by atoms with van der Waals surface area (Å²) in [5.41, 5.74) is 6.09. The molecule has 0 aliphatic carbocycles. The van der Waals surface area contributed by atoms with Gasteiger partial charge in [0.15, 0.2) is 0 Å². The first kappa shape index (κ1) is 24.4. The Morgan fingerprint density at radius 1 is 0.903 bits per heavy atom. The van der Waals surface area contributed by atoms with Crippen molar-refractivity contribution >= 4 is 39.3 Å². The van der Waals surface area contributed by atoms with Crippen molar-refractivity contribution < 1.29 is 19.1 Å². The van der Waals surface area contributed by atoms with Gasteiger partial charge in [0, 0.05) is 22.1 Å². The Kier molecular flexibility index (Phi) is 10.0. The molecule has 31 heavy (non-hydrogen) atoms. The van der Waals surface area contributed by atoms with Crippen LogP contribution in [0.25, 0.3) is 0 Å². The first-order valence-corrected chi connectivity index (χ1v) is 11.2. The highest BCUT2D eigenvalue weighted by Gasteiger charge is 2.15. The maximum absolute atomic E-state index is 12.6. The normalized spacial score (nSPS) is 10.3. The Balaban J connectivity index is 1.94. The molecule has 3 amide bonds. The summed E-state index contributed by atoms with van der Waals surface area (Å²) in [6, 6.07) is 11.6. The van der Waals surface area contributed by atoms with Crippen LogP contribution >= 0.6 is 15.9 Å². The first-order chi connectivity index (χ1) is 14.9. The number of hydrogen-bond donors (Lipinski definition) is 3. The molecule has 8 heteroatoms. The number of carbonyl (C=O) groups is 3. The van der Waals surface area contributed by atoms with Gasteiger partial charge in [-0.05, 0) is 48.9 Å². The minimum Gasteiger partial charge on any atom is -0.493 e. The monoisotopic (exact) mass is 489 g/mol. The highest BCUT2D eigenvalue weighted by Crippen LogP contribution is 2.23. The van der Waals surface area contributed by atoms with E-state index in [2.05, 4.69) is 39.0 Å². The van der Waals surface area contributed by atoms with Crippen molar-refractivity contribution in [1.82, 2.24) is 10.9 Å². The SMILES string of the molecule is CCCCCCOc1ccc(Br)cc1C(=O)NNC(=O)c1ccc(NC(=O)CC)cc1. The predicted octanol–water partition coefficient (Wildman–Crippen LogP) is 4.83. The second kappa shape index (κ2) is 12.7. The van der Waals surface area contributed by atoms with E-state index in [4.69, 9.17) is 4.74 Å². The van der Waals surface area contributed by atoms with Crippen LogP contribution in [0, 0.1) is 0 Å². The summed E-state index contributed by atoms with van der Waals surface area (Å²) in [6.07, 6.45) is 4.65. The van der Waals surface area contributed by atoms with Gasteiger partial charge >= 0.3 is 0 Å². The number of amides is 3. The molecule has 0 fully saturated rings. The van der Waals surface area contributed by atoms with Gasteiger partial charge in [0.2, 0.25) is 5.91 Å². The van der Waals surface area contributed by atoms with Crippen molar-refractivity contribution in [2.75, 3.05) is 11.9 Å². The molecule has 166 valence electrons. The first-order valence-electron chi connectivity index (χ1n) is 10.4. The third-order valence-electron chi connectivity index (χ3n) is 4.48. The van der Waals surface area contributed by atoms with Crippen molar-refractivity contribution in [2.45, 2.75) is 46.0 Å². The van der Waals surface area contributed by atoms with Gasteiger partial charge in [-0.2, -0.15) is 0 Å². The summed E-state index contributed by atoms with van der Waals surface area (Å²) < 4.78 is 6.51. The van der Waals surface area contributed by atoms with E-state index in [0.29, 0.717) is 35.6 Å². The average Bonchev–Trinajstić information content (AvgIpc) is 2.78. The van der Waals surface area contributed by atoms with Crippen LogP contribution in [0.1, 0.15) is 66.7 Å². The molecule has 0 aliphatic heterocycles. The van der Waals surface area contributed by atoms with Crippen LogP contribution in [0.4, 0.5) is 5.69 Å². The lowest BCUT2D eigenvalue weighted by Gasteiger charge is -2.13. The molecule has 7 nitrogen and oxygen atoms in total. The molecule has 0 unspecified atom stereocenters. The lowest BCUT2D eigenvalue weighted by molar-refractivity contribution is -0.115. The molecule has 0 radical (unpaired) electrons. The van der Waals surface area contributed by atoms with Crippen molar-refractivity contribution in [3.8, 4) is 5.75 Å². The molecule has 2 aromatic rings. The Hall–Kier alpha value is -2.87. The fraction of sp³-hybridized carbons (Fsp3) is 0.348. The van der Waals surface area contributed by atoms with Crippen LogP contribution < -0.4 is 20.9 Å². The summed E-state index contributed by atoms with van der Waals surface area (Å²) in [7, 11) is 0. The largest absolute Gasteiger partial charge is 0.493 e. The molecule has 0 aliphatic rings. The molecule has 0 saturated carbocycles. The van der Waals surface area contributed by atoms with E-state index < -0.39 is 11.8 Å². The second-order valence-corrected chi connectivity index (χ2v) is 7.85. The van der Waals surface area contributed by atoms with Gasteiger partial charge in [0.1, 0.15) is 5.75 Å². The summed E-state index contributed by atoms with van der Waals surface area (Å²) in [5.74, 6) is -0.604. The number of unbranched alkanes of at least 4 members (excludes halogenated alkanes) is 3. The molecule has 0 heterocycles. The number of hydrogen-bond acceptors (Lipinski definition) is 4. The van der Waals surface area contributed by atoms with Gasteiger partial charge in [-0.25, -0.2) is 0 Å². The Labute approximate surface area is 191 Å². The van der Waals surface area contributed by atoms with E-state index in [0.717, 1.165) is 30.2 Å². The minimum absolute atomic E-state index is 0.109. The van der Waals surface area contributed by atoms with E-state index in [1.165, 1.54) is 0 Å². The molecular weight excluding hydrogens is 462 g/mol. The fourth-order valence-electron chi connectivity index (χ4n) is 2.72. The van der Waals surface area contributed by atoms with Crippen LogP contribution in [0.2, 0.25) is 0 Å². The smallest absolute Gasteiger partial charge is 0.273 e. The number of carbonyl (C=O) groups excluding carboxylic acids is 3. The predicted molar refractivity (Wildman–Crippen MR) is 124 cm³/mol. The maximum Gasteiger partial charge on any atom is 0.273 e. The van der Waals surface area contributed by atoms with Crippen LogP contribution in [0.15, 0.2) is 46.9 Å². The number of anilines is 1. The summed E-state index contributed by atoms with van der Waals surface area (Å²) in [4.78, 5) is 36.4. The standard InChI is InChI=1S/C23H28BrN3O4/c1-3-5-6-7-14-31-20-13-10-17(24)15-19(20)23(30)27-26-22(29)16-8-11-18(12-9-16)25-21(28)4-2/h8-13,15H,3-7,14H2,1-2H3,(H,25,28)(H,26,29)(H,27,30). The van der Waals surface area contributed by atoms with Crippen LogP contribution in [-0.4, -0.2) is 24.3 Å². The maximum atomic E-state index is 12.6. The van der Waals surface area contributed by atoms with Gasteiger partial charge in [-0.3, -0.25) is 25.2 Å². The van der Waals surface area contributed by atoms with E-state index in [1.807, 2.05) is 0 Å². The number of benzene rings is 2. The van der Waals surface area contributed by atoms with Crippen molar-refractivity contribution in [1.29, 1.82) is 0 Å². The minimum atomic E-state index is -0.481. The zero-order chi connectivity index (χ0) is 22.6. The topological polar surface area (TPSA) is 96.5 Å². The zero-order valence-electron chi connectivity index (χ0n) is 17.8. The van der Waals surface area contributed by atoms with Gasteiger partial charge in [-0.1, -0.05) is 49.0 Å². The van der Waals surface area contributed by atoms with Crippen molar-refractivity contribution in [3.05, 3.63) is 58.1 Å². The molecule has 0 bridgehead atoms. The molecule has 0 aromatic heterocycles. The summed E-state index contributed by atoms with van der Waals surface area (Å²) in [6.45, 7) is 4.42. The van der Waals surface area contributed by atoms with Gasteiger partial charge < -0.3 is 10.1 Å². The fourth-order valence-corrected chi connectivity index (χ4v) is 3.08. The Bertz CT molecular complexity index is 900. The van der Waals surface area contributed by atoms with Crippen LogP contribution in [0.3, 0.4) is 0 Å². The Morgan fingerprint density at radius 2 is 1.61 bits per heavy atom. The third kappa shape index (κ3) is 8.05. The summed E-state index contributed by atoms with van der Waals surface area (Å²) in [5, 5.41) is 2.71. The van der Waals surface area contributed by atoms with Crippen molar-refractivity contribution in [3.63, 3.8) is 0 Å². The van der Waals surface area contributed by atoms with Crippen LogP contribution in [-0.2, 0) is 4.79 Å². The third-order valence-corrected chi connectivity index (χ3v) is 4.98. The molecular formula is C23H28BrN3O4. The second-order valence-electron chi connectivity index (χ2n) is 6.94. The lowest BCUT2D eigenvalue weighted by atomic mass is 10.2. The highest BCUT2D eigenvalue weighted by molar-refractivity contribution is 9.10. The molecule has 0 atom stereocenters. The Morgan fingerprint density at radius 3 is 2.29 bits per heavy atom. The molecule has 0 saturated heterocycles. The number of nitrogens with one attached hydrogen (secondary N) is 3. The molecule has 3 N–H and O–H groups in total. The van der Waals surface area contributed by atoms with E-state index in [1.54, 1.807) is 49.4 Å². The van der Waals surface area contributed by atoms with Gasteiger partial charge in [-0.15, -0.1) is 0 Å². The van der Waals surface area contributed by atoms with Crippen molar-refractivity contribution in [2.24, 2.45) is 0 Å². The number of rotatable bonds is 10. The number of hydrazine groups is 1. The van der Waals surface area contributed by atoms with E-state index in [9.17, 15) is 14.4 Å². The quantitative estimate of drug-likeness (QED) is 0.328. The average molecular weight is 490 g/mol. The number of halogens is 1. The lowest BCUT2D eigenvalue weighted by Crippen LogP contribution is -2.41. The number of ether oxygens (including phenoxy) is 1. The van der Waals surface area contributed by atoms with E-state index >= 15 is 0 Å². The van der Waals surface area contributed by atoms with Gasteiger partial charge in [0.25, 0.3) is 11.8 Å². The van der Waals surface area contributed by atoms with Crippen LogP contribution in [0.5, 0.6) is 5.75 Å². The molecule has 2 rings (SSSR count). The zero-order valence-corrected chi connectivity index (χ0v) is 19.4. The summed E-state index contributed by atoms with van der Waals surface area (Å²) >= 11 is 3.36. The highest BCUT2D eigenvalue weighted by atomic mass is 79.9. The molecule has 2 aromatic carbocycles. The molecule has 0 spiro atoms. The van der Waals surface area contributed by atoms with E-state index in [-0.39, 0.29) is 5.91 Å². The van der Waals surface area contributed by atoms with Gasteiger partial charge in [0.05, 0.1) is 12.2 Å².